The van der Waals surface area contributed by atoms with E-state index in [1.165, 1.54) is 34.0 Å². The van der Waals surface area contributed by atoms with E-state index in [1.54, 1.807) is 20.2 Å². The molecule has 1 saturated heterocycles. The maximum absolute atomic E-state index is 12.2. The molecule has 0 bridgehead atoms. The summed E-state index contributed by atoms with van der Waals surface area (Å²) in [5.41, 5.74) is 2.01. The second-order valence-electron chi connectivity index (χ2n) is 6.86. The zero-order chi connectivity index (χ0) is 18.5. The van der Waals surface area contributed by atoms with Gasteiger partial charge in [0.05, 0.1) is 20.6 Å². The quantitative estimate of drug-likeness (QED) is 0.696. The molecule has 1 aliphatic carbocycles. The van der Waals surface area contributed by atoms with Crippen LogP contribution < -0.4 is 9.62 Å². The van der Waals surface area contributed by atoms with Crippen LogP contribution in [0.1, 0.15) is 6.42 Å². The van der Waals surface area contributed by atoms with Crippen LogP contribution in [0.2, 0.25) is 5.02 Å². The molecule has 2 aromatic rings. The van der Waals surface area contributed by atoms with Crippen molar-refractivity contribution in [2.75, 3.05) is 36.8 Å². The molecule has 1 aliphatic heterocycles. The molecule has 1 N–H and O–H groups in total. The second kappa shape index (κ2) is 6.91. The summed E-state index contributed by atoms with van der Waals surface area (Å²) in [4.78, 5) is 2.36. The average molecular weight is 430 g/mol. The van der Waals surface area contributed by atoms with Crippen LogP contribution in [0.4, 0.5) is 11.4 Å². The highest BCUT2D eigenvalue weighted by atomic mass is 35.5. The van der Waals surface area contributed by atoms with E-state index in [-0.39, 0.29) is 0 Å². The van der Waals surface area contributed by atoms with Crippen LogP contribution in [0, 0.1) is 11.8 Å². The SMILES string of the molecule is CN(C)S(=O)(=O)c1ccc(SNc2cccc(Cl)c2N2CC3CC3C2)s1. The molecule has 2 heterocycles. The Labute approximate surface area is 167 Å². The van der Waals surface area contributed by atoms with Crippen LogP contribution in [-0.2, 0) is 10.0 Å². The molecule has 140 valence electrons. The molecule has 0 spiro atoms. The number of piperidine rings is 1. The normalized spacial score (nSPS) is 21.9. The van der Waals surface area contributed by atoms with Gasteiger partial charge in [-0.3, -0.25) is 0 Å². The summed E-state index contributed by atoms with van der Waals surface area (Å²) in [6, 6.07) is 9.35. The number of nitrogens with zero attached hydrogens (tertiary/aromatic N) is 2. The summed E-state index contributed by atoms with van der Waals surface area (Å²) in [6.45, 7) is 2.13. The predicted molar refractivity (Wildman–Crippen MR) is 110 cm³/mol. The van der Waals surface area contributed by atoms with Gasteiger partial charge in [0.1, 0.15) is 4.21 Å². The third kappa shape index (κ3) is 3.45. The first-order valence-corrected chi connectivity index (χ1v) is 11.8. The van der Waals surface area contributed by atoms with Gasteiger partial charge in [0.2, 0.25) is 0 Å². The maximum atomic E-state index is 12.2. The van der Waals surface area contributed by atoms with Crippen molar-refractivity contribution in [3.8, 4) is 0 Å². The number of thiophene rings is 1. The van der Waals surface area contributed by atoms with E-state index in [4.69, 9.17) is 11.6 Å². The summed E-state index contributed by atoms with van der Waals surface area (Å²) in [5, 5.41) is 0.749. The third-order valence-electron chi connectivity index (χ3n) is 4.84. The van der Waals surface area contributed by atoms with Crippen molar-refractivity contribution in [3.63, 3.8) is 0 Å². The highest BCUT2D eigenvalue weighted by Crippen LogP contribution is 2.49. The van der Waals surface area contributed by atoms with E-state index in [9.17, 15) is 8.42 Å². The Morgan fingerprint density at radius 1 is 1.23 bits per heavy atom. The van der Waals surface area contributed by atoms with Crippen LogP contribution in [0.3, 0.4) is 0 Å². The fraction of sp³-hybridized carbons (Fsp3) is 0.412. The Balaban J connectivity index is 1.50. The predicted octanol–water partition coefficient (Wildman–Crippen LogP) is 4.23. The summed E-state index contributed by atoms with van der Waals surface area (Å²) in [6.07, 6.45) is 1.34. The Morgan fingerprint density at radius 2 is 1.96 bits per heavy atom. The van der Waals surface area contributed by atoms with Crippen LogP contribution in [0.5, 0.6) is 0 Å². The summed E-state index contributed by atoms with van der Waals surface area (Å²) in [5.74, 6) is 1.64. The van der Waals surface area contributed by atoms with Crippen molar-refractivity contribution in [2.45, 2.75) is 14.8 Å². The number of halogens is 1. The second-order valence-corrected chi connectivity index (χ2v) is 11.8. The molecule has 1 saturated carbocycles. The molecule has 1 aromatic carbocycles. The number of hydrogen-bond donors (Lipinski definition) is 1. The van der Waals surface area contributed by atoms with Gasteiger partial charge in [0.25, 0.3) is 10.0 Å². The molecule has 4 rings (SSSR count). The fourth-order valence-corrected chi connectivity index (χ4v) is 7.01. The Kier molecular flexibility index (Phi) is 4.90. The zero-order valence-corrected chi connectivity index (χ0v) is 17.7. The minimum atomic E-state index is -3.39. The zero-order valence-electron chi connectivity index (χ0n) is 14.5. The van der Waals surface area contributed by atoms with E-state index in [1.807, 2.05) is 24.3 Å². The molecule has 26 heavy (non-hydrogen) atoms. The molecule has 2 unspecified atom stereocenters. The first-order valence-electron chi connectivity index (χ1n) is 8.35. The summed E-state index contributed by atoms with van der Waals surface area (Å²) >= 11 is 9.16. The molecule has 0 amide bonds. The maximum Gasteiger partial charge on any atom is 0.252 e. The van der Waals surface area contributed by atoms with Crippen molar-refractivity contribution in [1.29, 1.82) is 0 Å². The Morgan fingerprint density at radius 3 is 2.65 bits per heavy atom. The fourth-order valence-electron chi connectivity index (χ4n) is 3.28. The summed E-state index contributed by atoms with van der Waals surface area (Å²) < 4.78 is 30.2. The van der Waals surface area contributed by atoms with Gasteiger partial charge in [0, 0.05) is 27.2 Å². The van der Waals surface area contributed by atoms with Crippen LogP contribution >= 0.6 is 34.9 Å². The average Bonchev–Trinajstić information content (AvgIpc) is 2.99. The van der Waals surface area contributed by atoms with Gasteiger partial charge in [-0.1, -0.05) is 17.7 Å². The lowest BCUT2D eigenvalue weighted by Gasteiger charge is -2.24. The Bertz CT molecular complexity index is 919. The molecule has 2 atom stereocenters. The molecule has 0 radical (unpaired) electrons. The largest absolute Gasteiger partial charge is 0.368 e. The summed E-state index contributed by atoms with van der Waals surface area (Å²) in [7, 11) is -0.306. The molecule has 2 fully saturated rings. The van der Waals surface area contributed by atoms with Gasteiger partial charge in [-0.05, 0) is 54.5 Å². The van der Waals surface area contributed by atoms with Crippen molar-refractivity contribution in [1.82, 2.24) is 4.31 Å². The van der Waals surface area contributed by atoms with Gasteiger partial charge in [-0.2, -0.15) is 0 Å². The molecule has 5 nitrogen and oxygen atoms in total. The first kappa shape index (κ1) is 18.4. The van der Waals surface area contributed by atoms with Crippen molar-refractivity contribution >= 4 is 56.3 Å². The monoisotopic (exact) mass is 429 g/mol. The number of benzene rings is 1. The van der Waals surface area contributed by atoms with Crippen LogP contribution in [0.15, 0.2) is 38.8 Å². The number of anilines is 2. The minimum Gasteiger partial charge on any atom is -0.368 e. The highest BCUT2D eigenvalue weighted by molar-refractivity contribution is 8.02. The standard InChI is InChI=1S/C17H20ClN3O2S3/c1-20(2)26(22,23)16-7-6-15(24-16)25-19-14-5-3-4-13(18)17(14)21-9-11-8-12(11)10-21/h3-7,11-12,19H,8-10H2,1-2H3. The van der Waals surface area contributed by atoms with Gasteiger partial charge >= 0.3 is 0 Å². The lowest BCUT2D eigenvalue weighted by molar-refractivity contribution is 0.523. The van der Waals surface area contributed by atoms with Crippen molar-refractivity contribution < 1.29 is 8.42 Å². The third-order valence-corrected chi connectivity index (χ3v) is 9.46. The van der Waals surface area contributed by atoms with Gasteiger partial charge in [-0.15, -0.1) is 11.3 Å². The number of fused-ring (bicyclic) bond motifs is 1. The molecular weight excluding hydrogens is 410 g/mol. The van der Waals surface area contributed by atoms with Crippen LogP contribution in [0.25, 0.3) is 0 Å². The minimum absolute atomic E-state index is 0.345. The number of sulfonamides is 1. The van der Waals surface area contributed by atoms with Crippen molar-refractivity contribution in [3.05, 3.63) is 35.4 Å². The van der Waals surface area contributed by atoms with Crippen LogP contribution in [-0.4, -0.2) is 39.9 Å². The number of para-hydroxylation sites is 1. The molecule has 2 aliphatic rings. The van der Waals surface area contributed by atoms with E-state index in [0.717, 1.165) is 45.5 Å². The van der Waals surface area contributed by atoms with Gasteiger partial charge in [0.15, 0.2) is 0 Å². The molecule has 1 aromatic heterocycles. The first-order chi connectivity index (χ1) is 12.4. The molecule has 9 heteroatoms. The van der Waals surface area contributed by atoms with E-state index in [0.29, 0.717) is 4.21 Å². The van der Waals surface area contributed by atoms with Crippen molar-refractivity contribution in [2.24, 2.45) is 11.8 Å². The van der Waals surface area contributed by atoms with E-state index in [2.05, 4.69) is 9.62 Å². The number of nitrogens with one attached hydrogen (secondary N) is 1. The van der Waals surface area contributed by atoms with E-state index < -0.39 is 10.0 Å². The topological polar surface area (TPSA) is 52.7 Å². The smallest absolute Gasteiger partial charge is 0.252 e. The lowest BCUT2D eigenvalue weighted by atomic mass is 10.2. The van der Waals surface area contributed by atoms with E-state index >= 15 is 0 Å². The molecular formula is C17H20ClN3O2S3. The Hall–Kier alpha value is -0.930. The highest BCUT2D eigenvalue weighted by Gasteiger charge is 2.45. The van der Waals surface area contributed by atoms with Gasteiger partial charge in [-0.25, -0.2) is 12.7 Å². The van der Waals surface area contributed by atoms with Gasteiger partial charge < -0.3 is 9.62 Å². The number of rotatable bonds is 6. The lowest BCUT2D eigenvalue weighted by Crippen LogP contribution is -2.23. The number of hydrogen-bond acceptors (Lipinski definition) is 6.